The molecule has 0 N–H and O–H groups in total. The van der Waals surface area contributed by atoms with Gasteiger partial charge < -0.3 is 9.80 Å². The Balaban J connectivity index is 1.24. The zero-order valence-corrected chi connectivity index (χ0v) is 19.8. The minimum atomic E-state index is 0.312. The van der Waals surface area contributed by atoms with Crippen molar-refractivity contribution in [3.05, 3.63) is 41.0 Å². The summed E-state index contributed by atoms with van der Waals surface area (Å²) < 4.78 is 2.02. The van der Waals surface area contributed by atoms with Crippen LogP contribution < -0.4 is 4.90 Å². The van der Waals surface area contributed by atoms with Crippen molar-refractivity contribution in [1.29, 1.82) is 0 Å². The van der Waals surface area contributed by atoms with Crippen LogP contribution in [0.25, 0.3) is 16.0 Å². The van der Waals surface area contributed by atoms with E-state index >= 15 is 0 Å². The second-order valence-electron chi connectivity index (χ2n) is 9.73. The summed E-state index contributed by atoms with van der Waals surface area (Å²) in [7, 11) is 0. The first-order chi connectivity index (χ1) is 15.6. The molecule has 0 spiro atoms. The third kappa shape index (κ3) is 3.61. The van der Waals surface area contributed by atoms with Gasteiger partial charge in [0.25, 0.3) is 0 Å². The first kappa shape index (κ1) is 20.2. The molecule has 6 rings (SSSR count). The van der Waals surface area contributed by atoms with E-state index in [9.17, 15) is 4.79 Å². The molecule has 6 nitrogen and oxygen atoms in total. The second-order valence-corrected chi connectivity index (χ2v) is 10.9. The number of hydrogen-bond acceptors (Lipinski definition) is 5. The number of piperazine rings is 1. The average Bonchev–Trinajstić information content (AvgIpc) is 3.42. The Kier molecular flexibility index (Phi) is 4.99. The molecule has 0 radical (unpaired) electrons. The quantitative estimate of drug-likeness (QED) is 0.606. The molecule has 0 atom stereocenters. The van der Waals surface area contributed by atoms with Crippen LogP contribution in [0.3, 0.4) is 0 Å². The van der Waals surface area contributed by atoms with Crippen LogP contribution in [0.5, 0.6) is 0 Å². The van der Waals surface area contributed by atoms with Crippen LogP contribution in [0.15, 0.2) is 30.6 Å². The zero-order chi connectivity index (χ0) is 21.8. The standard InChI is InChI=1S/C25H31N5OS/c1-17(2)29-8-6-19-14-23(32-24(19)16-29)20-13-22-21(5-7-26-30(22)15-20)27-9-11-28(12-10-27)25(31)18-3-4-18/h5,7,13-15,17-18H,3-4,6,8-12,16H2,1-2H3. The Hall–Kier alpha value is -2.38. The molecular weight excluding hydrogens is 418 g/mol. The average molecular weight is 450 g/mol. The van der Waals surface area contributed by atoms with E-state index in [4.69, 9.17) is 0 Å². The Morgan fingerprint density at radius 3 is 2.69 bits per heavy atom. The lowest BCUT2D eigenvalue weighted by Gasteiger charge is -2.36. The predicted molar refractivity (Wildman–Crippen MR) is 129 cm³/mol. The summed E-state index contributed by atoms with van der Waals surface area (Å²) in [4.78, 5) is 22.3. The number of carbonyl (C=O) groups is 1. The van der Waals surface area contributed by atoms with E-state index in [-0.39, 0.29) is 0 Å². The monoisotopic (exact) mass is 449 g/mol. The topological polar surface area (TPSA) is 44.1 Å². The van der Waals surface area contributed by atoms with Crippen LogP contribution in [0, 0.1) is 5.92 Å². The van der Waals surface area contributed by atoms with Gasteiger partial charge in [0.15, 0.2) is 0 Å². The summed E-state index contributed by atoms with van der Waals surface area (Å²) in [5, 5.41) is 4.60. The molecule has 1 amide bonds. The lowest BCUT2D eigenvalue weighted by molar-refractivity contribution is -0.132. The molecule has 32 heavy (non-hydrogen) atoms. The fourth-order valence-electron chi connectivity index (χ4n) is 5.08. The molecule has 1 saturated heterocycles. The molecule has 7 heteroatoms. The van der Waals surface area contributed by atoms with Crippen molar-refractivity contribution in [3.8, 4) is 10.4 Å². The third-order valence-corrected chi connectivity index (χ3v) is 8.48. The summed E-state index contributed by atoms with van der Waals surface area (Å²) in [5.41, 5.74) is 5.14. The molecule has 3 aromatic rings. The van der Waals surface area contributed by atoms with Crippen LogP contribution in [0.2, 0.25) is 0 Å². The van der Waals surface area contributed by atoms with E-state index in [1.807, 2.05) is 22.0 Å². The van der Waals surface area contributed by atoms with E-state index in [1.54, 1.807) is 0 Å². The van der Waals surface area contributed by atoms with Crippen molar-refractivity contribution in [3.63, 3.8) is 0 Å². The SMILES string of the molecule is CC(C)N1CCc2cc(-c3cc4c(N5CCN(C(=O)C6CC6)CC5)ccnn4c3)sc2C1. The lowest BCUT2D eigenvalue weighted by atomic mass is 10.1. The lowest BCUT2D eigenvalue weighted by Crippen LogP contribution is -2.49. The maximum atomic E-state index is 12.4. The van der Waals surface area contributed by atoms with Gasteiger partial charge in [-0.2, -0.15) is 5.10 Å². The Morgan fingerprint density at radius 2 is 1.94 bits per heavy atom. The molecule has 0 bridgehead atoms. The van der Waals surface area contributed by atoms with Crippen LogP contribution in [-0.4, -0.2) is 64.1 Å². The van der Waals surface area contributed by atoms with Crippen LogP contribution >= 0.6 is 11.3 Å². The van der Waals surface area contributed by atoms with E-state index in [0.29, 0.717) is 17.9 Å². The normalized spacial score (nSPS) is 19.7. The Morgan fingerprint density at radius 1 is 1.12 bits per heavy atom. The number of amides is 1. The molecule has 1 aliphatic carbocycles. The van der Waals surface area contributed by atoms with Crippen molar-refractivity contribution >= 4 is 28.4 Å². The summed E-state index contributed by atoms with van der Waals surface area (Å²) >= 11 is 1.94. The first-order valence-electron chi connectivity index (χ1n) is 11.9. The van der Waals surface area contributed by atoms with Gasteiger partial charge in [-0.05, 0) is 56.9 Å². The predicted octanol–water partition coefficient (Wildman–Crippen LogP) is 3.89. The van der Waals surface area contributed by atoms with E-state index in [1.165, 1.54) is 26.6 Å². The highest BCUT2D eigenvalue weighted by Crippen LogP contribution is 2.37. The van der Waals surface area contributed by atoms with Gasteiger partial charge in [0, 0.05) is 78.9 Å². The van der Waals surface area contributed by atoms with Crippen LogP contribution in [0.4, 0.5) is 5.69 Å². The summed E-state index contributed by atoms with van der Waals surface area (Å²) in [6, 6.07) is 7.41. The highest BCUT2D eigenvalue weighted by Gasteiger charge is 2.34. The van der Waals surface area contributed by atoms with Gasteiger partial charge >= 0.3 is 0 Å². The van der Waals surface area contributed by atoms with Crippen LogP contribution in [0.1, 0.15) is 37.1 Å². The number of rotatable bonds is 4. The minimum Gasteiger partial charge on any atom is -0.366 e. The molecular formula is C25H31N5OS. The van der Waals surface area contributed by atoms with Crippen molar-refractivity contribution in [2.75, 3.05) is 37.6 Å². The highest BCUT2D eigenvalue weighted by molar-refractivity contribution is 7.15. The number of thiophene rings is 1. The van der Waals surface area contributed by atoms with E-state index in [2.05, 4.69) is 58.0 Å². The van der Waals surface area contributed by atoms with Gasteiger partial charge in [-0.25, -0.2) is 4.52 Å². The molecule has 168 valence electrons. The molecule has 3 aliphatic rings. The maximum Gasteiger partial charge on any atom is 0.225 e. The van der Waals surface area contributed by atoms with E-state index in [0.717, 1.165) is 64.0 Å². The zero-order valence-electron chi connectivity index (χ0n) is 19.0. The summed E-state index contributed by atoms with van der Waals surface area (Å²) in [5.74, 6) is 0.679. The summed E-state index contributed by atoms with van der Waals surface area (Å²) in [6.45, 7) is 10.2. The van der Waals surface area contributed by atoms with E-state index < -0.39 is 0 Å². The van der Waals surface area contributed by atoms with Crippen molar-refractivity contribution < 1.29 is 4.79 Å². The van der Waals surface area contributed by atoms with Gasteiger partial charge in [0.2, 0.25) is 5.91 Å². The molecule has 0 aromatic carbocycles. The van der Waals surface area contributed by atoms with Crippen molar-refractivity contribution in [1.82, 2.24) is 19.4 Å². The van der Waals surface area contributed by atoms with Gasteiger partial charge in [-0.1, -0.05) is 0 Å². The maximum absolute atomic E-state index is 12.4. The molecule has 2 aliphatic heterocycles. The number of aromatic nitrogens is 2. The molecule has 3 aromatic heterocycles. The molecule has 2 fully saturated rings. The Labute approximate surface area is 193 Å². The smallest absolute Gasteiger partial charge is 0.225 e. The fourth-order valence-corrected chi connectivity index (χ4v) is 6.30. The molecule has 5 heterocycles. The largest absolute Gasteiger partial charge is 0.366 e. The summed E-state index contributed by atoms with van der Waals surface area (Å²) in [6.07, 6.45) is 7.37. The van der Waals surface area contributed by atoms with Gasteiger partial charge in [-0.15, -0.1) is 11.3 Å². The Bertz CT molecular complexity index is 1150. The minimum absolute atomic E-state index is 0.312. The van der Waals surface area contributed by atoms with Gasteiger partial charge in [0.05, 0.1) is 11.2 Å². The van der Waals surface area contributed by atoms with Crippen LogP contribution in [-0.2, 0) is 17.8 Å². The number of hydrogen-bond donors (Lipinski definition) is 0. The number of nitrogens with zero attached hydrogens (tertiary/aromatic N) is 5. The molecule has 1 saturated carbocycles. The third-order valence-electron chi connectivity index (χ3n) is 7.27. The van der Waals surface area contributed by atoms with Crippen molar-refractivity contribution in [2.24, 2.45) is 5.92 Å². The number of fused-ring (bicyclic) bond motifs is 2. The van der Waals surface area contributed by atoms with Crippen molar-refractivity contribution in [2.45, 2.75) is 45.7 Å². The molecule has 0 unspecified atom stereocenters. The number of carbonyl (C=O) groups excluding carboxylic acids is 1. The second kappa shape index (κ2) is 7.89. The van der Waals surface area contributed by atoms with Gasteiger partial charge in [-0.3, -0.25) is 9.69 Å². The number of anilines is 1. The van der Waals surface area contributed by atoms with Gasteiger partial charge in [0.1, 0.15) is 0 Å². The first-order valence-corrected chi connectivity index (χ1v) is 12.8. The fraction of sp³-hybridized carbons (Fsp3) is 0.520. The highest BCUT2D eigenvalue weighted by atomic mass is 32.1.